The molecule has 4 heteroatoms. The molecule has 0 aliphatic rings. The summed E-state index contributed by atoms with van der Waals surface area (Å²) in [5.74, 6) is -0.0794. The molecule has 0 aliphatic heterocycles. The van der Waals surface area contributed by atoms with Crippen LogP contribution in [0.1, 0.15) is 20.8 Å². The molecule has 0 bridgehead atoms. The average Bonchev–Trinajstić information content (AvgIpc) is 1.82. The smallest absolute Gasteiger partial charge is 0.469 e. The zero-order valence-electron chi connectivity index (χ0n) is 7.84. The van der Waals surface area contributed by atoms with Crippen LogP contribution in [0.25, 0.3) is 0 Å². The molecule has 0 aromatic rings. The van der Waals surface area contributed by atoms with E-state index >= 15 is 0 Å². The maximum atomic E-state index is 10.8. The van der Waals surface area contributed by atoms with Gasteiger partial charge in [0, 0.05) is 0 Å². The second-order valence-electron chi connectivity index (χ2n) is 3.14. The molecule has 0 saturated heterocycles. The minimum absolute atomic E-state index is 0.0794. The van der Waals surface area contributed by atoms with Gasteiger partial charge in [0.05, 0.1) is 7.11 Å². The highest BCUT2D eigenvalue weighted by Gasteiger charge is 2.18. The maximum absolute atomic E-state index is 10.8. The van der Waals surface area contributed by atoms with Crippen LogP contribution in [-0.4, -0.2) is 18.9 Å². The van der Waals surface area contributed by atoms with Gasteiger partial charge in [-0.15, -0.1) is 0 Å². The van der Waals surface area contributed by atoms with Crippen LogP contribution in [-0.2, 0) is 14.2 Å². The first-order chi connectivity index (χ1) is 5.35. The van der Waals surface area contributed by atoms with Crippen LogP contribution in [0, 0.1) is 0 Å². The highest BCUT2D eigenvalue weighted by atomic mass is 16.8. The normalized spacial score (nSPS) is 10.3. The van der Waals surface area contributed by atoms with Gasteiger partial charge >= 0.3 is 6.16 Å². The maximum Gasteiger partial charge on any atom is 0.516 e. The molecule has 0 N–H and O–H groups in total. The van der Waals surface area contributed by atoms with E-state index in [1.165, 1.54) is 7.11 Å². The minimum Gasteiger partial charge on any atom is -0.469 e. The molecule has 0 fully saturated rings. The van der Waals surface area contributed by atoms with Crippen molar-refractivity contribution in [2.75, 3.05) is 7.11 Å². The van der Waals surface area contributed by atoms with Crippen molar-refractivity contribution < 1.29 is 19.0 Å². The highest BCUT2D eigenvalue weighted by Crippen LogP contribution is 2.09. The molecule has 0 unspecified atom stereocenters. The fraction of sp³-hybridized carbons (Fsp3) is 0.625. The van der Waals surface area contributed by atoms with Crippen molar-refractivity contribution in [3.8, 4) is 0 Å². The lowest BCUT2D eigenvalue weighted by atomic mass is 10.2. The third-order valence-corrected chi connectivity index (χ3v) is 0.814. The Kier molecular flexibility index (Phi) is 3.60. The van der Waals surface area contributed by atoms with Gasteiger partial charge in [0.25, 0.3) is 5.95 Å². The van der Waals surface area contributed by atoms with E-state index in [4.69, 9.17) is 4.74 Å². The molecule has 0 amide bonds. The van der Waals surface area contributed by atoms with Crippen LogP contribution in [0.2, 0.25) is 0 Å². The van der Waals surface area contributed by atoms with Gasteiger partial charge in [-0.1, -0.05) is 0 Å². The molecule has 0 saturated carbocycles. The van der Waals surface area contributed by atoms with E-state index in [9.17, 15) is 4.79 Å². The number of hydrogen-bond donors (Lipinski definition) is 0. The number of rotatable bonds is 2. The number of methoxy groups -OCH3 is 1. The summed E-state index contributed by atoms with van der Waals surface area (Å²) in [4.78, 5) is 10.8. The molecule has 12 heavy (non-hydrogen) atoms. The molecular weight excluding hydrogens is 160 g/mol. The van der Waals surface area contributed by atoms with Crippen molar-refractivity contribution in [1.82, 2.24) is 0 Å². The van der Waals surface area contributed by atoms with E-state index in [1.807, 2.05) is 0 Å². The minimum atomic E-state index is -0.811. The summed E-state index contributed by atoms with van der Waals surface area (Å²) in [5, 5.41) is 0. The van der Waals surface area contributed by atoms with Crippen molar-refractivity contribution >= 4 is 6.16 Å². The summed E-state index contributed by atoms with van der Waals surface area (Å²) in [6.45, 7) is 8.52. The molecule has 0 radical (unpaired) electrons. The molecule has 0 spiro atoms. The van der Waals surface area contributed by atoms with Gasteiger partial charge in [0.1, 0.15) is 5.60 Å². The van der Waals surface area contributed by atoms with Crippen LogP contribution in [0.15, 0.2) is 12.5 Å². The van der Waals surface area contributed by atoms with Crippen LogP contribution in [0.4, 0.5) is 4.79 Å². The summed E-state index contributed by atoms with van der Waals surface area (Å²) in [7, 11) is 1.35. The molecule has 70 valence electrons. The molecule has 0 rings (SSSR count). The van der Waals surface area contributed by atoms with Crippen LogP contribution < -0.4 is 0 Å². The second-order valence-corrected chi connectivity index (χ2v) is 3.14. The number of carbonyl (C=O) groups is 1. The predicted molar refractivity (Wildman–Crippen MR) is 43.5 cm³/mol. The third kappa shape index (κ3) is 5.58. The molecule has 0 heterocycles. The van der Waals surface area contributed by atoms with Crippen molar-refractivity contribution in [1.29, 1.82) is 0 Å². The van der Waals surface area contributed by atoms with Crippen molar-refractivity contribution in [3.63, 3.8) is 0 Å². The van der Waals surface area contributed by atoms with Crippen molar-refractivity contribution in [2.24, 2.45) is 0 Å². The number of carbonyl (C=O) groups excluding carboxylic acids is 1. The van der Waals surface area contributed by atoms with Gasteiger partial charge in [0.2, 0.25) is 0 Å². The van der Waals surface area contributed by atoms with Gasteiger partial charge in [0.15, 0.2) is 0 Å². The quantitative estimate of drug-likeness (QED) is 0.474. The summed E-state index contributed by atoms with van der Waals surface area (Å²) in [5.41, 5.74) is -0.564. The Morgan fingerprint density at radius 1 is 1.33 bits per heavy atom. The standard InChI is InChI=1S/C8H14O4/c1-6(10-5)11-7(9)12-8(2,3)4/h1H2,2-5H3. The first-order valence-corrected chi connectivity index (χ1v) is 3.49. The first-order valence-electron chi connectivity index (χ1n) is 3.49. The van der Waals surface area contributed by atoms with Crippen molar-refractivity contribution in [3.05, 3.63) is 12.5 Å². The molecule has 0 aromatic carbocycles. The van der Waals surface area contributed by atoms with E-state index in [0.717, 1.165) is 0 Å². The van der Waals surface area contributed by atoms with E-state index < -0.39 is 11.8 Å². The summed E-state index contributed by atoms with van der Waals surface area (Å²) < 4.78 is 13.8. The van der Waals surface area contributed by atoms with E-state index in [0.29, 0.717) is 0 Å². The Morgan fingerprint density at radius 3 is 2.17 bits per heavy atom. The Morgan fingerprint density at radius 2 is 1.83 bits per heavy atom. The van der Waals surface area contributed by atoms with Crippen LogP contribution >= 0.6 is 0 Å². The van der Waals surface area contributed by atoms with E-state index in [-0.39, 0.29) is 5.95 Å². The third-order valence-electron chi connectivity index (χ3n) is 0.814. The van der Waals surface area contributed by atoms with Crippen molar-refractivity contribution in [2.45, 2.75) is 26.4 Å². The molecule has 0 aliphatic carbocycles. The van der Waals surface area contributed by atoms with Crippen LogP contribution in [0.3, 0.4) is 0 Å². The number of ether oxygens (including phenoxy) is 3. The Labute approximate surface area is 72.1 Å². The zero-order valence-corrected chi connectivity index (χ0v) is 7.84. The Hall–Kier alpha value is -1.19. The van der Waals surface area contributed by atoms with Gasteiger partial charge in [-0.2, -0.15) is 0 Å². The molecule has 4 nitrogen and oxygen atoms in total. The van der Waals surface area contributed by atoms with E-state index in [2.05, 4.69) is 16.1 Å². The lowest BCUT2D eigenvalue weighted by molar-refractivity contribution is -0.0159. The SMILES string of the molecule is C=C(OC)OC(=O)OC(C)(C)C. The molecular formula is C8H14O4. The fourth-order valence-electron chi connectivity index (χ4n) is 0.405. The lowest BCUT2D eigenvalue weighted by Gasteiger charge is -2.18. The molecule has 0 atom stereocenters. The van der Waals surface area contributed by atoms with Crippen LogP contribution in [0.5, 0.6) is 0 Å². The van der Waals surface area contributed by atoms with E-state index in [1.54, 1.807) is 20.8 Å². The zero-order chi connectivity index (χ0) is 9.78. The second kappa shape index (κ2) is 3.99. The van der Waals surface area contributed by atoms with Gasteiger partial charge in [-0.3, -0.25) is 0 Å². The Balaban J connectivity index is 3.83. The predicted octanol–water partition coefficient (Wildman–Crippen LogP) is 2.06. The Bertz CT molecular complexity index is 178. The summed E-state index contributed by atoms with van der Waals surface area (Å²) >= 11 is 0. The largest absolute Gasteiger partial charge is 0.516 e. The summed E-state index contributed by atoms with van der Waals surface area (Å²) in [6, 6.07) is 0. The van der Waals surface area contributed by atoms with Gasteiger partial charge in [-0.25, -0.2) is 4.79 Å². The fourth-order valence-corrected chi connectivity index (χ4v) is 0.405. The first kappa shape index (κ1) is 10.8. The van der Waals surface area contributed by atoms with Gasteiger partial charge in [-0.05, 0) is 27.4 Å². The molecule has 0 aromatic heterocycles. The topological polar surface area (TPSA) is 44.8 Å². The van der Waals surface area contributed by atoms with Gasteiger partial charge < -0.3 is 14.2 Å². The monoisotopic (exact) mass is 174 g/mol. The highest BCUT2D eigenvalue weighted by molar-refractivity contribution is 5.61. The summed E-state index contributed by atoms with van der Waals surface area (Å²) in [6.07, 6.45) is -0.811. The lowest BCUT2D eigenvalue weighted by Crippen LogP contribution is -2.24. The number of hydrogen-bond acceptors (Lipinski definition) is 4. The average molecular weight is 174 g/mol.